The van der Waals surface area contributed by atoms with Crippen LogP contribution < -0.4 is 14.8 Å². The molecule has 0 aromatic heterocycles. The van der Waals surface area contributed by atoms with Crippen molar-refractivity contribution in [2.45, 2.75) is 24.8 Å². The number of benzene rings is 2. The number of guanidine groups is 1. The van der Waals surface area contributed by atoms with Gasteiger partial charge in [-0.05, 0) is 48.2 Å². The maximum Gasteiger partial charge on any atom is 0.231 e. The summed E-state index contributed by atoms with van der Waals surface area (Å²) in [6, 6.07) is 12.9. The van der Waals surface area contributed by atoms with E-state index in [4.69, 9.17) is 14.2 Å². The molecule has 0 unspecified atom stereocenters. The Morgan fingerprint density at radius 1 is 1.13 bits per heavy atom. The van der Waals surface area contributed by atoms with E-state index in [9.17, 15) is 4.39 Å². The molecule has 0 saturated carbocycles. The zero-order valence-corrected chi connectivity index (χ0v) is 20.2. The van der Waals surface area contributed by atoms with Crippen LogP contribution in [0.1, 0.15) is 24.0 Å². The summed E-state index contributed by atoms with van der Waals surface area (Å²) in [4.78, 5) is 6.44. The minimum absolute atomic E-state index is 0. The standard InChI is InChI=1S/C23H28FN3O3.HI/c1-25-22(27(2)14-17-4-3-5-19(24)12-17)26-15-23(8-10-28-11-9-23)18-6-7-20-21(13-18)30-16-29-20;/h3-7,12-13H,8-11,14-16H2,1-2H3,(H,25,26);1H. The van der Waals surface area contributed by atoms with Crippen molar-refractivity contribution in [2.75, 3.05) is 40.6 Å². The van der Waals surface area contributed by atoms with Crippen molar-refractivity contribution in [1.29, 1.82) is 0 Å². The highest BCUT2D eigenvalue weighted by molar-refractivity contribution is 14.0. The third-order valence-electron chi connectivity index (χ3n) is 5.90. The molecule has 1 saturated heterocycles. The minimum Gasteiger partial charge on any atom is -0.454 e. The van der Waals surface area contributed by atoms with Crippen LogP contribution in [0.3, 0.4) is 0 Å². The lowest BCUT2D eigenvalue weighted by Gasteiger charge is -2.39. The number of hydrogen-bond acceptors (Lipinski definition) is 4. The van der Waals surface area contributed by atoms with Crippen LogP contribution in [0.5, 0.6) is 11.5 Å². The van der Waals surface area contributed by atoms with Gasteiger partial charge >= 0.3 is 0 Å². The fourth-order valence-corrected chi connectivity index (χ4v) is 4.17. The number of fused-ring (bicyclic) bond motifs is 1. The van der Waals surface area contributed by atoms with E-state index in [1.54, 1.807) is 19.2 Å². The van der Waals surface area contributed by atoms with Gasteiger partial charge in [-0.15, -0.1) is 24.0 Å². The molecule has 1 fully saturated rings. The maximum absolute atomic E-state index is 13.5. The van der Waals surface area contributed by atoms with Crippen LogP contribution in [0.2, 0.25) is 0 Å². The molecule has 2 aromatic carbocycles. The smallest absolute Gasteiger partial charge is 0.231 e. The van der Waals surface area contributed by atoms with E-state index in [-0.39, 0.29) is 42.0 Å². The number of halogens is 2. The average molecular weight is 541 g/mol. The first kappa shape index (κ1) is 23.6. The van der Waals surface area contributed by atoms with E-state index in [0.717, 1.165) is 42.4 Å². The molecule has 2 aliphatic rings. The normalized spacial score (nSPS) is 17.1. The summed E-state index contributed by atoms with van der Waals surface area (Å²) in [7, 11) is 3.72. The number of rotatable bonds is 5. The summed E-state index contributed by atoms with van der Waals surface area (Å²) in [6.45, 7) is 2.99. The second kappa shape index (κ2) is 10.5. The number of nitrogens with zero attached hydrogens (tertiary/aromatic N) is 2. The van der Waals surface area contributed by atoms with Gasteiger partial charge in [-0.25, -0.2) is 4.39 Å². The number of ether oxygens (including phenoxy) is 3. The summed E-state index contributed by atoms with van der Waals surface area (Å²) < 4.78 is 30.2. The van der Waals surface area contributed by atoms with Gasteiger partial charge in [0.15, 0.2) is 17.5 Å². The van der Waals surface area contributed by atoms with Crippen LogP contribution in [0, 0.1) is 5.82 Å². The van der Waals surface area contributed by atoms with Crippen molar-refractivity contribution < 1.29 is 18.6 Å². The van der Waals surface area contributed by atoms with E-state index >= 15 is 0 Å². The Bertz CT molecular complexity index is 919. The molecule has 6 nitrogen and oxygen atoms in total. The van der Waals surface area contributed by atoms with Crippen molar-refractivity contribution in [3.63, 3.8) is 0 Å². The molecule has 0 aliphatic carbocycles. The Labute approximate surface area is 199 Å². The zero-order chi connectivity index (χ0) is 21.0. The van der Waals surface area contributed by atoms with Gasteiger partial charge in [0.25, 0.3) is 0 Å². The van der Waals surface area contributed by atoms with Crippen molar-refractivity contribution in [3.8, 4) is 11.5 Å². The van der Waals surface area contributed by atoms with Gasteiger partial charge in [0, 0.05) is 45.8 Å². The lowest BCUT2D eigenvalue weighted by Crippen LogP contribution is -2.48. The summed E-state index contributed by atoms with van der Waals surface area (Å²) in [6.07, 6.45) is 1.81. The summed E-state index contributed by atoms with van der Waals surface area (Å²) in [5.74, 6) is 2.13. The lowest BCUT2D eigenvalue weighted by molar-refractivity contribution is 0.0511. The second-order valence-corrected chi connectivity index (χ2v) is 7.85. The molecule has 2 aromatic rings. The zero-order valence-electron chi connectivity index (χ0n) is 17.9. The predicted molar refractivity (Wildman–Crippen MR) is 129 cm³/mol. The number of nitrogens with one attached hydrogen (secondary N) is 1. The largest absolute Gasteiger partial charge is 0.454 e. The first-order valence-electron chi connectivity index (χ1n) is 10.2. The molecular weight excluding hydrogens is 512 g/mol. The van der Waals surface area contributed by atoms with Crippen LogP contribution in [-0.4, -0.2) is 51.5 Å². The van der Waals surface area contributed by atoms with Gasteiger partial charge in [-0.3, -0.25) is 4.99 Å². The Morgan fingerprint density at radius 3 is 2.65 bits per heavy atom. The topological polar surface area (TPSA) is 55.3 Å². The minimum atomic E-state index is -0.229. The fraction of sp³-hybridized carbons (Fsp3) is 0.435. The molecule has 0 amide bonds. The Morgan fingerprint density at radius 2 is 1.90 bits per heavy atom. The lowest BCUT2D eigenvalue weighted by atomic mass is 9.74. The van der Waals surface area contributed by atoms with Crippen molar-refractivity contribution in [3.05, 3.63) is 59.4 Å². The third kappa shape index (κ3) is 5.41. The highest BCUT2D eigenvalue weighted by atomic mass is 127. The molecule has 0 atom stereocenters. The Hall–Kier alpha value is -2.07. The van der Waals surface area contributed by atoms with E-state index in [2.05, 4.69) is 22.4 Å². The Kier molecular flexibility index (Phi) is 7.99. The highest BCUT2D eigenvalue weighted by Gasteiger charge is 2.36. The van der Waals surface area contributed by atoms with Gasteiger partial charge < -0.3 is 24.4 Å². The van der Waals surface area contributed by atoms with Crippen LogP contribution in [0.25, 0.3) is 0 Å². The first-order valence-corrected chi connectivity index (χ1v) is 10.2. The average Bonchev–Trinajstić information content (AvgIpc) is 3.23. The van der Waals surface area contributed by atoms with Gasteiger partial charge in [0.2, 0.25) is 6.79 Å². The van der Waals surface area contributed by atoms with Crippen LogP contribution in [-0.2, 0) is 16.7 Å². The van der Waals surface area contributed by atoms with E-state index in [0.29, 0.717) is 19.8 Å². The van der Waals surface area contributed by atoms with Gasteiger partial charge in [-0.2, -0.15) is 0 Å². The molecule has 31 heavy (non-hydrogen) atoms. The van der Waals surface area contributed by atoms with Crippen LogP contribution in [0.15, 0.2) is 47.5 Å². The fourth-order valence-electron chi connectivity index (χ4n) is 4.17. The molecular formula is C23H29FIN3O3. The molecule has 0 spiro atoms. The van der Waals surface area contributed by atoms with Gasteiger partial charge in [-0.1, -0.05) is 18.2 Å². The van der Waals surface area contributed by atoms with E-state index in [1.807, 2.05) is 24.1 Å². The second-order valence-electron chi connectivity index (χ2n) is 7.85. The summed E-state index contributed by atoms with van der Waals surface area (Å²) in [5, 5.41) is 3.54. The van der Waals surface area contributed by atoms with Gasteiger partial charge in [0.05, 0.1) is 0 Å². The first-order chi connectivity index (χ1) is 14.6. The van der Waals surface area contributed by atoms with Crippen LogP contribution in [0.4, 0.5) is 4.39 Å². The molecule has 8 heteroatoms. The molecule has 2 aliphatic heterocycles. The molecule has 0 bridgehead atoms. The van der Waals surface area contributed by atoms with Crippen molar-refractivity contribution >= 4 is 29.9 Å². The van der Waals surface area contributed by atoms with Gasteiger partial charge in [0.1, 0.15) is 5.82 Å². The summed E-state index contributed by atoms with van der Waals surface area (Å²) >= 11 is 0. The summed E-state index contributed by atoms with van der Waals surface area (Å²) in [5.41, 5.74) is 2.03. The van der Waals surface area contributed by atoms with Crippen LogP contribution >= 0.6 is 24.0 Å². The van der Waals surface area contributed by atoms with Crippen molar-refractivity contribution in [1.82, 2.24) is 10.2 Å². The number of hydrogen-bond donors (Lipinski definition) is 1. The quantitative estimate of drug-likeness (QED) is 0.354. The van der Waals surface area contributed by atoms with E-state index in [1.165, 1.54) is 11.6 Å². The molecule has 1 N–H and O–H groups in total. The highest BCUT2D eigenvalue weighted by Crippen LogP contribution is 2.40. The molecule has 168 valence electrons. The maximum atomic E-state index is 13.5. The number of aliphatic imine (C=N–C) groups is 1. The third-order valence-corrected chi connectivity index (χ3v) is 5.90. The predicted octanol–water partition coefficient (Wildman–Crippen LogP) is 3.93. The van der Waals surface area contributed by atoms with Crippen molar-refractivity contribution in [2.24, 2.45) is 4.99 Å². The molecule has 4 rings (SSSR count). The Balaban J connectivity index is 0.00000272. The van der Waals surface area contributed by atoms with E-state index < -0.39 is 0 Å². The molecule has 0 radical (unpaired) electrons. The molecule has 2 heterocycles. The SMILES string of the molecule is CN=C(NCC1(c2ccc3c(c2)OCO3)CCOCC1)N(C)Cc1cccc(F)c1.I. The monoisotopic (exact) mass is 541 g/mol.